The third kappa shape index (κ3) is 8.83. The van der Waals surface area contributed by atoms with Crippen LogP contribution in [0.15, 0.2) is 29.3 Å². The Balaban J connectivity index is 2.26. The van der Waals surface area contributed by atoms with Gasteiger partial charge >= 0.3 is 6.09 Å². The Morgan fingerprint density at radius 1 is 1.08 bits per heavy atom. The molecule has 7 heteroatoms. The molecule has 1 rings (SSSR count). The number of nitrogens with one attached hydrogen (secondary N) is 3. The van der Waals surface area contributed by atoms with Crippen LogP contribution < -0.4 is 20.7 Å². The van der Waals surface area contributed by atoms with Gasteiger partial charge in [0.2, 0.25) is 0 Å². The molecule has 0 aliphatic carbocycles. The van der Waals surface area contributed by atoms with Crippen molar-refractivity contribution in [1.82, 2.24) is 16.0 Å². The van der Waals surface area contributed by atoms with Crippen LogP contribution in [0.2, 0.25) is 0 Å². The van der Waals surface area contributed by atoms with E-state index in [-0.39, 0.29) is 0 Å². The Hall–Kier alpha value is -2.44. The van der Waals surface area contributed by atoms with Crippen molar-refractivity contribution in [2.24, 2.45) is 4.99 Å². The highest BCUT2D eigenvalue weighted by Crippen LogP contribution is 2.17. The molecule has 0 aliphatic heterocycles. The number of methoxy groups -OCH3 is 1. The molecule has 1 aromatic carbocycles. The van der Waals surface area contributed by atoms with Crippen LogP contribution in [0.3, 0.4) is 0 Å². The second-order valence-electron chi connectivity index (χ2n) is 6.42. The number of ether oxygens (including phenoxy) is 2. The van der Waals surface area contributed by atoms with Crippen molar-refractivity contribution in [3.63, 3.8) is 0 Å². The summed E-state index contributed by atoms with van der Waals surface area (Å²) in [7, 11) is 3.38. The van der Waals surface area contributed by atoms with Crippen LogP contribution in [0.5, 0.6) is 5.75 Å². The minimum atomic E-state index is -0.492. The van der Waals surface area contributed by atoms with Crippen molar-refractivity contribution >= 4 is 12.1 Å². The van der Waals surface area contributed by atoms with Crippen LogP contribution in [0, 0.1) is 0 Å². The minimum Gasteiger partial charge on any atom is -0.496 e. The number of rotatable bonds is 7. The average Bonchev–Trinajstić information content (AvgIpc) is 2.55. The predicted octanol–water partition coefficient (Wildman–Crippen LogP) is 1.93. The predicted molar refractivity (Wildman–Crippen MR) is 100 cm³/mol. The smallest absolute Gasteiger partial charge is 0.407 e. The van der Waals surface area contributed by atoms with Gasteiger partial charge in [0.25, 0.3) is 0 Å². The molecular formula is C18H30N4O3. The highest BCUT2D eigenvalue weighted by atomic mass is 16.6. The van der Waals surface area contributed by atoms with Crippen LogP contribution in [0.4, 0.5) is 4.79 Å². The van der Waals surface area contributed by atoms with Gasteiger partial charge in [-0.2, -0.15) is 0 Å². The Morgan fingerprint density at radius 3 is 2.36 bits per heavy atom. The molecule has 0 radical (unpaired) electrons. The van der Waals surface area contributed by atoms with Crippen molar-refractivity contribution < 1.29 is 14.3 Å². The highest BCUT2D eigenvalue weighted by Gasteiger charge is 2.15. The zero-order valence-electron chi connectivity index (χ0n) is 15.8. The number of alkyl carbamates (subject to hydrolysis) is 1. The fourth-order valence-electron chi connectivity index (χ4n) is 2.11. The third-order valence-corrected chi connectivity index (χ3v) is 3.19. The lowest BCUT2D eigenvalue weighted by molar-refractivity contribution is 0.0529. The maximum absolute atomic E-state index is 11.5. The normalized spacial score (nSPS) is 11.6. The lowest BCUT2D eigenvalue weighted by Crippen LogP contribution is -2.43. The van der Waals surface area contributed by atoms with Gasteiger partial charge in [-0.1, -0.05) is 18.2 Å². The van der Waals surface area contributed by atoms with Crippen molar-refractivity contribution in [3.05, 3.63) is 29.8 Å². The van der Waals surface area contributed by atoms with Gasteiger partial charge in [-0.05, 0) is 38.8 Å². The molecule has 7 nitrogen and oxygen atoms in total. The zero-order valence-corrected chi connectivity index (χ0v) is 15.8. The number of carbonyl (C=O) groups excluding carboxylic acids is 1. The average molecular weight is 350 g/mol. The first-order valence-electron chi connectivity index (χ1n) is 8.39. The number of para-hydroxylation sites is 1. The van der Waals surface area contributed by atoms with Gasteiger partial charge in [-0.25, -0.2) is 4.79 Å². The number of hydrogen-bond acceptors (Lipinski definition) is 4. The number of nitrogens with zero attached hydrogens (tertiary/aromatic N) is 1. The molecular weight excluding hydrogens is 320 g/mol. The molecule has 0 fully saturated rings. The molecule has 25 heavy (non-hydrogen) atoms. The molecule has 0 saturated carbocycles. The molecule has 1 amide bonds. The largest absolute Gasteiger partial charge is 0.496 e. The first kappa shape index (κ1) is 20.6. The molecule has 0 bridgehead atoms. The summed E-state index contributed by atoms with van der Waals surface area (Å²) in [5.41, 5.74) is 0.646. The van der Waals surface area contributed by atoms with Crippen molar-refractivity contribution in [2.45, 2.75) is 32.8 Å². The summed E-state index contributed by atoms with van der Waals surface area (Å²) in [5, 5.41) is 9.07. The standard InChI is InChI=1S/C18H30N4O3/c1-18(2,3)25-17(23)22-13-12-21-16(19-4)20-11-10-14-8-6-7-9-15(14)24-5/h6-9H,10-13H2,1-5H3,(H,22,23)(H2,19,20,21). The lowest BCUT2D eigenvalue weighted by atomic mass is 10.1. The van der Waals surface area contributed by atoms with Gasteiger partial charge in [0, 0.05) is 26.7 Å². The van der Waals surface area contributed by atoms with Crippen LogP contribution in [-0.4, -0.2) is 51.4 Å². The molecule has 3 N–H and O–H groups in total. The topological polar surface area (TPSA) is 84.0 Å². The summed E-state index contributed by atoms with van der Waals surface area (Å²) in [6, 6.07) is 7.94. The van der Waals surface area contributed by atoms with Gasteiger partial charge in [0.05, 0.1) is 7.11 Å². The van der Waals surface area contributed by atoms with Crippen LogP contribution in [0.25, 0.3) is 0 Å². The number of guanidine groups is 1. The Labute approximate surface area is 150 Å². The van der Waals surface area contributed by atoms with Crippen molar-refractivity contribution in [2.75, 3.05) is 33.8 Å². The van der Waals surface area contributed by atoms with Gasteiger partial charge < -0.3 is 25.4 Å². The van der Waals surface area contributed by atoms with Gasteiger partial charge in [0.1, 0.15) is 11.4 Å². The van der Waals surface area contributed by atoms with E-state index in [2.05, 4.69) is 20.9 Å². The van der Waals surface area contributed by atoms with E-state index in [0.717, 1.165) is 24.3 Å². The van der Waals surface area contributed by atoms with Crippen LogP contribution >= 0.6 is 0 Å². The highest BCUT2D eigenvalue weighted by molar-refractivity contribution is 5.79. The maximum Gasteiger partial charge on any atom is 0.407 e. The second-order valence-corrected chi connectivity index (χ2v) is 6.42. The van der Waals surface area contributed by atoms with Gasteiger partial charge in [-0.15, -0.1) is 0 Å². The van der Waals surface area contributed by atoms with Crippen molar-refractivity contribution in [1.29, 1.82) is 0 Å². The Kier molecular flexibility index (Phi) is 8.60. The van der Waals surface area contributed by atoms with E-state index in [1.165, 1.54) is 0 Å². The fraction of sp³-hybridized carbons (Fsp3) is 0.556. The van der Waals surface area contributed by atoms with Crippen LogP contribution in [-0.2, 0) is 11.2 Å². The molecule has 0 aromatic heterocycles. The van der Waals surface area contributed by atoms with Crippen LogP contribution in [0.1, 0.15) is 26.3 Å². The molecule has 0 saturated heterocycles. The number of amides is 1. The van der Waals surface area contributed by atoms with E-state index in [4.69, 9.17) is 9.47 Å². The molecule has 0 heterocycles. The molecule has 1 aromatic rings. The van der Waals surface area contributed by atoms with E-state index in [1.54, 1.807) is 14.2 Å². The first-order valence-corrected chi connectivity index (χ1v) is 8.39. The quantitative estimate of drug-likeness (QED) is 0.398. The van der Waals surface area contributed by atoms with E-state index < -0.39 is 11.7 Å². The third-order valence-electron chi connectivity index (χ3n) is 3.19. The van der Waals surface area contributed by atoms with Gasteiger partial charge in [-0.3, -0.25) is 4.99 Å². The molecule has 0 spiro atoms. The fourth-order valence-corrected chi connectivity index (χ4v) is 2.11. The van der Waals surface area contributed by atoms with E-state index in [1.807, 2.05) is 45.0 Å². The number of benzene rings is 1. The summed E-state index contributed by atoms with van der Waals surface area (Å²) < 4.78 is 10.5. The Bertz CT molecular complexity index is 568. The SMILES string of the molecule is CN=C(NCCNC(=O)OC(C)(C)C)NCCc1ccccc1OC. The Morgan fingerprint density at radius 2 is 1.72 bits per heavy atom. The van der Waals surface area contributed by atoms with E-state index in [9.17, 15) is 4.79 Å². The maximum atomic E-state index is 11.5. The first-order chi connectivity index (χ1) is 11.9. The van der Waals surface area contributed by atoms with E-state index >= 15 is 0 Å². The summed E-state index contributed by atoms with van der Waals surface area (Å²) in [5.74, 6) is 1.56. The molecule has 140 valence electrons. The number of hydrogen-bond donors (Lipinski definition) is 3. The van der Waals surface area contributed by atoms with Crippen molar-refractivity contribution in [3.8, 4) is 5.75 Å². The number of carbonyl (C=O) groups is 1. The number of aliphatic imine (C=N–C) groups is 1. The minimum absolute atomic E-state index is 0.423. The summed E-state index contributed by atoms with van der Waals surface area (Å²) >= 11 is 0. The molecule has 0 unspecified atom stereocenters. The molecule has 0 aliphatic rings. The monoisotopic (exact) mass is 350 g/mol. The molecule has 0 atom stereocenters. The zero-order chi connectivity index (χ0) is 18.7. The van der Waals surface area contributed by atoms with Gasteiger partial charge in [0.15, 0.2) is 5.96 Å². The van der Waals surface area contributed by atoms with E-state index in [0.29, 0.717) is 19.0 Å². The summed E-state index contributed by atoms with van der Waals surface area (Å²) in [6.07, 6.45) is 0.398. The second kappa shape index (κ2) is 10.4. The summed E-state index contributed by atoms with van der Waals surface area (Å²) in [4.78, 5) is 15.7. The summed E-state index contributed by atoms with van der Waals surface area (Å²) in [6.45, 7) is 7.21. The lowest BCUT2D eigenvalue weighted by Gasteiger charge is -2.20.